The predicted octanol–water partition coefficient (Wildman–Crippen LogP) is 2.87. The molecule has 110 valence electrons. The second kappa shape index (κ2) is 7.09. The summed E-state index contributed by atoms with van der Waals surface area (Å²) in [5.74, 6) is 0.146. The summed E-state index contributed by atoms with van der Waals surface area (Å²) in [6, 6.07) is 5.80. The van der Waals surface area contributed by atoms with Crippen molar-refractivity contribution < 1.29 is 4.79 Å². The van der Waals surface area contributed by atoms with Crippen LogP contribution in [0, 0.1) is 5.92 Å². The van der Waals surface area contributed by atoms with Gasteiger partial charge >= 0.3 is 0 Å². The van der Waals surface area contributed by atoms with Gasteiger partial charge in [0, 0.05) is 22.7 Å². The van der Waals surface area contributed by atoms with Crippen LogP contribution < -0.4 is 16.8 Å². The van der Waals surface area contributed by atoms with Gasteiger partial charge in [-0.25, -0.2) is 0 Å². The van der Waals surface area contributed by atoms with Gasteiger partial charge in [0.15, 0.2) is 0 Å². The lowest BCUT2D eigenvalue weighted by molar-refractivity contribution is 0.1000. The van der Waals surface area contributed by atoms with Crippen LogP contribution >= 0.6 is 15.9 Å². The number of carbonyl (C=O) groups excluding carboxylic acids is 1. The smallest absolute Gasteiger partial charge is 0.251 e. The average molecular weight is 340 g/mol. The molecule has 1 aromatic carbocycles. The number of halogens is 1. The standard InChI is InChI=1S/C15H22BrN3O/c16-11-7-4-8-12(14(11)15(18)20)19-13(9-17)10-5-2-1-3-6-10/h4,7-8,10,13,19H,1-3,5-6,9,17H2,(H2,18,20). The van der Waals surface area contributed by atoms with Gasteiger partial charge in [0.2, 0.25) is 0 Å². The van der Waals surface area contributed by atoms with Gasteiger partial charge < -0.3 is 16.8 Å². The van der Waals surface area contributed by atoms with Crippen LogP contribution in [0.2, 0.25) is 0 Å². The van der Waals surface area contributed by atoms with Gasteiger partial charge in [0.05, 0.1) is 5.56 Å². The maximum atomic E-state index is 11.6. The molecule has 1 amide bonds. The van der Waals surface area contributed by atoms with Crippen molar-refractivity contribution in [2.45, 2.75) is 38.1 Å². The Kier molecular flexibility index (Phi) is 5.43. The van der Waals surface area contributed by atoms with Crippen LogP contribution in [0.4, 0.5) is 5.69 Å². The zero-order valence-electron chi connectivity index (χ0n) is 11.6. The Balaban J connectivity index is 2.18. The predicted molar refractivity (Wildman–Crippen MR) is 85.7 cm³/mol. The summed E-state index contributed by atoms with van der Waals surface area (Å²) in [5, 5.41) is 3.43. The molecule has 2 rings (SSSR count). The van der Waals surface area contributed by atoms with E-state index in [-0.39, 0.29) is 6.04 Å². The Hall–Kier alpha value is -1.07. The molecule has 0 aliphatic heterocycles. The molecule has 0 heterocycles. The van der Waals surface area contributed by atoms with Gasteiger partial charge in [-0.1, -0.05) is 25.3 Å². The normalized spacial score (nSPS) is 17.7. The fraction of sp³-hybridized carbons (Fsp3) is 0.533. The molecule has 0 saturated heterocycles. The van der Waals surface area contributed by atoms with Gasteiger partial charge in [-0.05, 0) is 46.8 Å². The van der Waals surface area contributed by atoms with E-state index in [2.05, 4.69) is 21.2 Å². The van der Waals surface area contributed by atoms with E-state index in [1.807, 2.05) is 18.2 Å². The minimum Gasteiger partial charge on any atom is -0.380 e. The second-order valence-electron chi connectivity index (χ2n) is 5.41. The number of hydrogen-bond acceptors (Lipinski definition) is 3. The van der Waals surface area contributed by atoms with Crippen LogP contribution in [0.5, 0.6) is 0 Å². The first-order valence-electron chi connectivity index (χ1n) is 7.18. The SMILES string of the molecule is NCC(Nc1cccc(Br)c1C(N)=O)C1CCCCC1. The van der Waals surface area contributed by atoms with Crippen LogP contribution in [-0.2, 0) is 0 Å². The fourth-order valence-corrected chi connectivity index (χ4v) is 3.56. The molecular weight excluding hydrogens is 318 g/mol. The summed E-state index contributed by atoms with van der Waals surface area (Å²) in [7, 11) is 0. The largest absolute Gasteiger partial charge is 0.380 e. The minimum atomic E-state index is -0.431. The summed E-state index contributed by atoms with van der Waals surface area (Å²) in [4.78, 5) is 11.6. The van der Waals surface area contributed by atoms with E-state index in [4.69, 9.17) is 11.5 Å². The van der Waals surface area contributed by atoms with Crippen molar-refractivity contribution in [1.82, 2.24) is 0 Å². The van der Waals surface area contributed by atoms with Crippen LogP contribution in [-0.4, -0.2) is 18.5 Å². The molecule has 0 bridgehead atoms. The topological polar surface area (TPSA) is 81.1 Å². The van der Waals surface area contributed by atoms with Gasteiger partial charge in [-0.3, -0.25) is 4.79 Å². The number of nitrogens with one attached hydrogen (secondary N) is 1. The van der Waals surface area contributed by atoms with Crippen LogP contribution in [0.3, 0.4) is 0 Å². The molecule has 0 spiro atoms. The summed E-state index contributed by atoms with van der Waals surface area (Å²) >= 11 is 3.38. The minimum absolute atomic E-state index is 0.197. The molecule has 5 N–H and O–H groups in total. The van der Waals surface area contributed by atoms with E-state index in [0.29, 0.717) is 18.0 Å². The monoisotopic (exact) mass is 339 g/mol. The molecule has 1 fully saturated rings. The molecule has 1 atom stereocenters. The number of hydrogen-bond donors (Lipinski definition) is 3. The van der Waals surface area contributed by atoms with Gasteiger partial charge in [0.25, 0.3) is 5.91 Å². The zero-order chi connectivity index (χ0) is 14.5. The molecule has 0 aromatic heterocycles. The molecule has 20 heavy (non-hydrogen) atoms. The fourth-order valence-electron chi connectivity index (χ4n) is 3.00. The highest BCUT2D eigenvalue weighted by atomic mass is 79.9. The van der Waals surface area contributed by atoms with Crippen molar-refractivity contribution in [3.05, 3.63) is 28.2 Å². The molecule has 1 aliphatic rings. The Morgan fingerprint density at radius 2 is 2.05 bits per heavy atom. The van der Waals surface area contributed by atoms with E-state index < -0.39 is 5.91 Å². The number of benzene rings is 1. The van der Waals surface area contributed by atoms with Crippen molar-refractivity contribution in [2.24, 2.45) is 17.4 Å². The van der Waals surface area contributed by atoms with Crippen LogP contribution in [0.1, 0.15) is 42.5 Å². The summed E-state index contributed by atoms with van der Waals surface area (Å²) in [5.41, 5.74) is 12.7. The first kappa shape index (κ1) is 15.3. The molecule has 1 unspecified atom stereocenters. The number of anilines is 1. The number of primary amides is 1. The van der Waals surface area contributed by atoms with Crippen molar-refractivity contribution in [2.75, 3.05) is 11.9 Å². The van der Waals surface area contributed by atoms with E-state index in [1.54, 1.807) is 0 Å². The van der Waals surface area contributed by atoms with E-state index in [9.17, 15) is 4.79 Å². The average Bonchev–Trinajstić information content (AvgIpc) is 2.45. The lowest BCUT2D eigenvalue weighted by atomic mass is 9.83. The summed E-state index contributed by atoms with van der Waals surface area (Å²) in [6.07, 6.45) is 6.26. The molecule has 0 radical (unpaired) electrons. The van der Waals surface area contributed by atoms with Gasteiger partial charge in [0.1, 0.15) is 0 Å². The van der Waals surface area contributed by atoms with Crippen molar-refractivity contribution in [3.63, 3.8) is 0 Å². The van der Waals surface area contributed by atoms with Crippen molar-refractivity contribution in [1.29, 1.82) is 0 Å². The quantitative estimate of drug-likeness (QED) is 0.771. The second-order valence-corrected chi connectivity index (χ2v) is 6.27. The van der Waals surface area contributed by atoms with Crippen LogP contribution in [0.25, 0.3) is 0 Å². The third-order valence-corrected chi connectivity index (χ3v) is 4.73. The highest BCUT2D eigenvalue weighted by Crippen LogP contribution is 2.30. The van der Waals surface area contributed by atoms with Gasteiger partial charge in [-0.2, -0.15) is 0 Å². The van der Waals surface area contributed by atoms with Gasteiger partial charge in [-0.15, -0.1) is 0 Å². The molecule has 4 nitrogen and oxygen atoms in total. The highest BCUT2D eigenvalue weighted by molar-refractivity contribution is 9.10. The summed E-state index contributed by atoms with van der Waals surface area (Å²) < 4.78 is 0.717. The molecule has 1 saturated carbocycles. The lowest BCUT2D eigenvalue weighted by Gasteiger charge is -2.31. The number of nitrogens with two attached hydrogens (primary N) is 2. The van der Waals surface area contributed by atoms with E-state index in [1.165, 1.54) is 32.1 Å². The summed E-state index contributed by atoms with van der Waals surface area (Å²) in [6.45, 7) is 0.565. The zero-order valence-corrected chi connectivity index (χ0v) is 13.2. The third kappa shape index (κ3) is 3.52. The number of rotatable bonds is 5. The first-order valence-corrected chi connectivity index (χ1v) is 7.97. The van der Waals surface area contributed by atoms with E-state index >= 15 is 0 Å². The lowest BCUT2D eigenvalue weighted by Crippen LogP contribution is -2.38. The molecule has 5 heteroatoms. The molecule has 1 aromatic rings. The van der Waals surface area contributed by atoms with Crippen molar-refractivity contribution >= 4 is 27.5 Å². The molecule has 1 aliphatic carbocycles. The maximum absolute atomic E-state index is 11.6. The Morgan fingerprint density at radius 3 is 2.65 bits per heavy atom. The van der Waals surface area contributed by atoms with Crippen LogP contribution in [0.15, 0.2) is 22.7 Å². The first-order chi connectivity index (χ1) is 9.63. The Bertz CT molecular complexity index is 472. The van der Waals surface area contributed by atoms with E-state index in [0.717, 1.165) is 10.2 Å². The number of carbonyl (C=O) groups is 1. The maximum Gasteiger partial charge on any atom is 0.251 e. The van der Waals surface area contributed by atoms with Crippen molar-refractivity contribution in [3.8, 4) is 0 Å². The highest BCUT2D eigenvalue weighted by Gasteiger charge is 2.24. The third-order valence-electron chi connectivity index (χ3n) is 4.07. The Labute approximate surface area is 128 Å². The Morgan fingerprint density at radius 1 is 1.35 bits per heavy atom. The molecular formula is C15H22BrN3O. The number of amides is 1.